The minimum Gasteiger partial charge on any atom is -0.479 e. The number of carboxylic acids is 1. The van der Waals surface area contributed by atoms with Crippen LogP contribution in [0.15, 0.2) is 54.6 Å². The molecule has 1 N–H and O–H groups in total. The van der Waals surface area contributed by atoms with Crippen LogP contribution in [0.5, 0.6) is 0 Å². The number of nitrogens with zero attached hydrogens (tertiary/aromatic N) is 1. The van der Waals surface area contributed by atoms with Gasteiger partial charge in [0.15, 0.2) is 0 Å². The van der Waals surface area contributed by atoms with Crippen LogP contribution in [0.25, 0.3) is 11.1 Å². The molecule has 0 saturated carbocycles. The van der Waals surface area contributed by atoms with Gasteiger partial charge >= 0.3 is 5.97 Å². The first-order valence-electron chi connectivity index (χ1n) is 7.57. The number of rotatable bonds is 6. The summed E-state index contributed by atoms with van der Waals surface area (Å²) in [6.45, 7) is 1.55. The fourth-order valence-corrected chi connectivity index (χ4v) is 2.52. The zero-order valence-corrected chi connectivity index (χ0v) is 14.0. The molecule has 0 aliphatic carbocycles. The zero-order valence-electron chi connectivity index (χ0n) is 14.0. The molecule has 1 amide bonds. The van der Waals surface area contributed by atoms with Crippen molar-refractivity contribution in [1.29, 1.82) is 0 Å². The van der Waals surface area contributed by atoms with Gasteiger partial charge in [-0.25, -0.2) is 4.79 Å². The number of hydrogen-bond acceptors (Lipinski definition) is 3. The maximum Gasteiger partial charge on any atom is 0.345 e. The summed E-state index contributed by atoms with van der Waals surface area (Å²) in [7, 11) is 2.79. The van der Waals surface area contributed by atoms with Gasteiger partial charge in [0.2, 0.25) is 5.60 Å². The second-order valence-electron chi connectivity index (χ2n) is 5.73. The molecule has 24 heavy (non-hydrogen) atoms. The van der Waals surface area contributed by atoms with Crippen LogP contribution in [0.2, 0.25) is 0 Å². The first kappa shape index (κ1) is 17.7. The minimum absolute atomic E-state index is 0.288. The largest absolute Gasteiger partial charge is 0.479 e. The molecule has 5 heteroatoms. The molecule has 0 bridgehead atoms. The summed E-state index contributed by atoms with van der Waals surface area (Å²) < 4.78 is 4.94. The highest BCUT2D eigenvalue weighted by Gasteiger charge is 2.43. The van der Waals surface area contributed by atoms with E-state index in [2.05, 4.69) is 0 Å². The minimum atomic E-state index is -1.89. The van der Waals surface area contributed by atoms with Crippen LogP contribution in [0, 0.1) is 0 Å². The van der Waals surface area contributed by atoms with E-state index < -0.39 is 17.5 Å². The number of carboxylic acid groups (broad SMARTS) is 1. The summed E-state index contributed by atoms with van der Waals surface area (Å²) in [6.07, 6.45) is 0. The van der Waals surface area contributed by atoms with E-state index in [1.54, 1.807) is 7.05 Å². The van der Waals surface area contributed by atoms with Crippen LogP contribution < -0.4 is 0 Å². The highest BCUT2D eigenvalue weighted by molar-refractivity contribution is 6.04. The number of aliphatic carboxylic acids is 1. The SMILES string of the molecule is COC(C)(C(=O)O)C(=O)N(C)Cc1ccccc1-c1ccccc1. The average molecular weight is 327 g/mol. The van der Waals surface area contributed by atoms with Crippen molar-refractivity contribution in [1.82, 2.24) is 4.90 Å². The van der Waals surface area contributed by atoms with Crippen molar-refractivity contribution in [3.63, 3.8) is 0 Å². The highest BCUT2D eigenvalue weighted by atomic mass is 16.5. The zero-order chi connectivity index (χ0) is 17.7. The molecular weight excluding hydrogens is 306 g/mol. The molecule has 0 aromatic heterocycles. The molecule has 5 nitrogen and oxygen atoms in total. The van der Waals surface area contributed by atoms with Crippen molar-refractivity contribution in [2.75, 3.05) is 14.2 Å². The molecule has 1 atom stereocenters. The fourth-order valence-electron chi connectivity index (χ4n) is 2.52. The Kier molecular flexibility index (Phi) is 5.36. The van der Waals surface area contributed by atoms with E-state index in [-0.39, 0.29) is 6.54 Å². The third-order valence-electron chi connectivity index (χ3n) is 4.08. The number of carbonyl (C=O) groups excluding carboxylic acids is 1. The Morgan fingerprint density at radius 1 is 1.08 bits per heavy atom. The lowest BCUT2D eigenvalue weighted by molar-refractivity contribution is -0.172. The average Bonchev–Trinajstić information content (AvgIpc) is 2.61. The van der Waals surface area contributed by atoms with Crippen LogP contribution in [0.1, 0.15) is 12.5 Å². The van der Waals surface area contributed by atoms with Gasteiger partial charge in [-0.15, -0.1) is 0 Å². The number of benzene rings is 2. The van der Waals surface area contributed by atoms with Crippen molar-refractivity contribution in [3.8, 4) is 11.1 Å². The first-order valence-corrected chi connectivity index (χ1v) is 7.57. The number of amides is 1. The fraction of sp³-hybridized carbons (Fsp3) is 0.263. The first-order chi connectivity index (χ1) is 11.4. The Morgan fingerprint density at radius 3 is 2.25 bits per heavy atom. The second kappa shape index (κ2) is 7.27. The predicted molar refractivity (Wildman–Crippen MR) is 91.4 cm³/mol. The lowest BCUT2D eigenvalue weighted by Gasteiger charge is -2.28. The van der Waals surface area contributed by atoms with Crippen molar-refractivity contribution >= 4 is 11.9 Å². The van der Waals surface area contributed by atoms with Gasteiger partial charge in [0, 0.05) is 20.7 Å². The number of likely N-dealkylation sites (N-methyl/N-ethyl adjacent to an activating group) is 1. The Labute approximate surface area is 141 Å². The van der Waals surface area contributed by atoms with E-state index in [1.165, 1.54) is 18.9 Å². The molecule has 0 aliphatic heterocycles. The van der Waals surface area contributed by atoms with Crippen molar-refractivity contribution in [3.05, 3.63) is 60.2 Å². The molecule has 2 aromatic rings. The summed E-state index contributed by atoms with van der Waals surface area (Å²) in [4.78, 5) is 25.3. The van der Waals surface area contributed by atoms with Crippen molar-refractivity contribution in [2.24, 2.45) is 0 Å². The Morgan fingerprint density at radius 2 is 1.67 bits per heavy atom. The standard InChI is InChI=1S/C19H21NO4/c1-19(24-3,18(22)23)17(21)20(2)13-15-11-7-8-12-16(15)14-9-5-4-6-10-14/h4-12H,13H2,1-3H3,(H,22,23). The molecule has 0 saturated heterocycles. The Bertz CT molecular complexity index is 729. The quantitative estimate of drug-likeness (QED) is 0.829. The van der Waals surface area contributed by atoms with E-state index in [0.717, 1.165) is 16.7 Å². The normalized spacial score (nSPS) is 13.1. The molecule has 0 spiro atoms. The number of hydrogen-bond donors (Lipinski definition) is 1. The van der Waals surface area contributed by atoms with E-state index in [4.69, 9.17) is 4.74 Å². The number of carbonyl (C=O) groups is 2. The van der Waals surface area contributed by atoms with E-state index in [9.17, 15) is 14.7 Å². The molecular formula is C19H21NO4. The molecule has 0 radical (unpaired) electrons. The Balaban J connectivity index is 2.29. The monoisotopic (exact) mass is 327 g/mol. The van der Waals surface area contributed by atoms with Crippen LogP contribution in [0.4, 0.5) is 0 Å². The highest BCUT2D eigenvalue weighted by Crippen LogP contribution is 2.25. The molecule has 1 unspecified atom stereocenters. The van der Waals surface area contributed by atoms with E-state index in [0.29, 0.717) is 0 Å². The second-order valence-corrected chi connectivity index (χ2v) is 5.73. The smallest absolute Gasteiger partial charge is 0.345 e. The lowest BCUT2D eigenvalue weighted by Crippen LogP contribution is -2.52. The van der Waals surface area contributed by atoms with Crippen molar-refractivity contribution < 1.29 is 19.4 Å². The third kappa shape index (κ3) is 3.46. The molecule has 0 fully saturated rings. The maximum atomic E-state index is 12.5. The molecule has 2 aromatic carbocycles. The maximum absolute atomic E-state index is 12.5. The van der Waals surface area contributed by atoms with Crippen LogP contribution in [0.3, 0.4) is 0 Å². The summed E-state index contributed by atoms with van der Waals surface area (Å²) in [5.74, 6) is -1.90. The number of ether oxygens (including phenoxy) is 1. The summed E-state index contributed by atoms with van der Waals surface area (Å²) in [5, 5.41) is 9.28. The van der Waals surface area contributed by atoms with Crippen LogP contribution >= 0.6 is 0 Å². The van der Waals surface area contributed by atoms with E-state index in [1.807, 2.05) is 54.6 Å². The summed E-state index contributed by atoms with van der Waals surface area (Å²) in [6, 6.07) is 17.6. The molecule has 126 valence electrons. The van der Waals surface area contributed by atoms with Gasteiger partial charge < -0.3 is 14.7 Å². The van der Waals surface area contributed by atoms with Gasteiger partial charge in [0.05, 0.1) is 0 Å². The van der Waals surface area contributed by atoms with Gasteiger partial charge in [-0.05, 0) is 23.6 Å². The van der Waals surface area contributed by atoms with Gasteiger partial charge in [0.25, 0.3) is 5.91 Å². The lowest BCUT2D eigenvalue weighted by atomic mass is 9.98. The number of methoxy groups -OCH3 is 1. The van der Waals surface area contributed by atoms with Gasteiger partial charge in [-0.2, -0.15) is 0 Å². The predicted octanol–water partition coefficient (Wildman–Crippen LogP) is 2.80. The molecule has 2 rings (SSSR count). The topological polar surface area (TPSA) is 66.8 Å². The Hall–Kier alpha value is -2.66. The molecule has 0 heterocycles. The van der Waals surface area contributed by atoms with Crippen molar-refractivity contribution in [2.45, 2.75) is 19.1 Å². The van der Waals surface area contributed by atoms with Crippen LogP contribution in [-0.2, 0) is 20.9 Å². The van der Waals surface area contributed by atoms with Gasteiger partial charge in [-0.1, -0.05) is 54.6 Å². The summed E-state index contributed by atoms with van der Waals surface area (Å²) >= 11 is 0. The van der Waals surface area contributed by atoms with Crippen LogP contribution in [-0.4, -0.2) is 41.6 Å². The summed E-state index contributed by atoms with van der Waals surface area (Å²) in [5.41, 5.74) is 1.09. The van der Waals surface area contributed by atoms with E-state index >= 15 is 0 Å². The van der Waals surface area contributed by atoms with Gasteiger partial charge in [-0.3, -0.25) is 4.79 Å². The van der Waals surface area contributed by atoms with Gasteiger partial charge in [0.1, 0.15) is 0 Å². The third-order valence-corrected chi connectivity index (χ3v) is 4.08. The molecule has 0 aliphatic rings.